The number of nitrogens with one attached hydrogen (secondary N) is 1. The molecule has 0 saturated heterocycles. The molecule has 0 bridgehead atoms. The summed E-state index contributed by atoms with van der Waals surface area (Å²) < 4.78 is 1.94. The number of carbonyl (C=O) groups is 2. The van der Waals surface area contributed by atoms with Crippen molar-refractivity contribution in [2.75, 3.05) is 18.8 Å². The Kier molecular flexibility index (Phi) is 8.52. The summed E-state index contributed by atoms with van der Waals surface area (Å²) in [5.74, 6) is 0.509. The van der Waals surface area contributed by atoms with E-state index in [2.05, 4.69) is 15.5 Å². The van der Waals surface area contributed by atoms with E-state index in [0.717, 1.165) is 16.8 Å². The fourth-order valence-corrected chi connectivity index (χ4v) is 4.26. The summed E-state index contributed by atoms with van der Waals surface area (Å²) in [5, 5.41) is 12.8. The van der Waals surface area contributed by atoms with Gasteiger partial charge in [0.15, 0.2) is 11.0 Å². The van der Waals surface area contributed by atoms with Gasteiger partial charge in [-0.25, -0.2) is 0 Å². The first-order valence-electron chi connectivity index (χ1n) is 10.8. The van der Waals surface area contributed by atoms with Gasteiger partial charge in [0.05, 0.1) is 12.3 Å². The number of aromatic nitrogens is 3. The molecular formula is C24H28ClN5O2S. The number of hydrogen-bond acceptors (Lipinski definition) is 5. The zero-order chi connectivity index (χ0) is 24.0. The third-order valence-electron chi connectivity index (χ3n) is 4.84. The van der Waals surface area contributed by atoms with Crippen LogP contribution in [-0.4, -0.2) is 56.4 Å². The van der Waals surface area contributed by atoms with Gasteiger partial charge in [0, 0.05) is 28.9 Å². The summed E-state index contributed by atoms with van der Waals surface area (Å²) in [6, 6.07) is 15.5. The Morgan fingerprint density at radius 3 is 2.52 bits per heavy atom. The predicted molar refractivity (Wildman–Crippen MR) is 133 cm³/mol. The summed E-state index contributed by atoms with van der Waals surface area (Å²) in [6.45, 7) is 8.15. The van der Waals surface area contributed by atoms with Crippen molar-refractivity contribution in [2.45, 2.75) is 38.9 Å². The molecule has 0 aliphatic rings. The smallest absolute Gasteiger partial charge is 0.239 e. The van der Waals surface area contributed by atoms with Crippen LogP contribution in [0.25, 0.3) is 17.1 Å². The second-order valence-electron chi connectivity index (χ2n) is 7.91. The van der Waals surface area contributed by atoms with Crippen molar-refractivity contribution in [3.63, 3.8) is 0 Å². The quantitative estimate of drug-likeness (QED) is 0.455. The monoisotopic (exact) mass is 485 g/mol. The Labute approximate surface area is 203 Å². The molecule has 0 spiro atoms. The van der Waals surface area contributed by atoms with Crippen LogP contribution in [0.4, 0.5) is 0 Å². The highest BCUT2D eigenvalue weighted by atomic mass is 35.5. The van der Waals surface area contributed by atoms with E-state index >= 15 is 0 Å². The molecule has 0 unspecified atom stereocenters. The fraction of sp³-hybridized carbons (Fsp3) is 0.333. The van der Waals surface area contributed by atoms with Gasteiger partial charge in [0.2, 0.25) is 11.8 Å². The molecule has 1 N–H and O–H groups in total. The first kappa shape index (κ1) is 24.8. The molecule has 0 atom stereocenters. The highest BCUT2D eigenvalue weighted by Gasteiger charge is 2.20. The Balaban J connectivity index is 1.85. The lowest BCUT2D eigenvalue weighted by Gasteiger charge is -2.21. The SMILES string of the molecule is CCN(CC(=O)NC(C)C)C(=O)CSc1nnc(-c2ccc(Cl)cc2)n1-c1cccc(C)c1. The first-order valence-corrected chi connectivity index (χ1v) is 12.1. The third kappa shape index (κ3) is 6.58. The average Bonchev–Trinajstić information content (AvgIpc) is 3.19. The van der Waals surface area contributed by atoms with Crippen molar-refractivity contribution >= 4 is 35.2 Å². The molecule has 33 heavy (non-hydrogen) atoms. The van der Waals surface area contributed by atoms with Crippen LogP contribution in [-0.2, 0) is 9.59 Å². The van der Waals surface area contributed by atoms with Crippen LogP contribution in [0.2, 0.25) is 5.02 Å². The topological polar surface area (TPSA) is 80.1 Å². The highest BCUT2D eigenvalue weighted by molar-refractivity contribution is 7.99. The van der Waals surface area contributed by atoms with E-state index in [-0.39, 0.29) is 30.2 Å². The van der Waals surface area contributed by atoms with E-state index in [1.165, 1.54) is 16.7 Å². The van der Waals surface area contributed by atoms with Crippen molar-refractivity contribution < 1.29 is 9.59 Å². The maximum atomic E-state index is 12.8. The second-order valence-corrected chi connectivity index (χ2v) is 9.29. The number of likely N-dealkylation sites (N-methyl/N-ethyl adjacent to an activating group) is 1. The van der Waals surface area contributed by atoms with Crippen molar-refractivity contribution in [3.05, 3.63) is 59.1 Å². The number of hydrogen-bond donors (Lipinski definition) is 1. The first-order chi connectivity index (χ1) is 15.8. The van der Waals surface area contributed by atoms with E-state index in [0.29, 0.717) is 22.5 Å². The number of thioether (sulfide) groups is 1. The van der Waals surface area contributed by atoms with Crippen LogP contribution in [0.1, 0.15) is 26.3 Å². The van der Waals surface area contributed by atoms with E-state index in [9.17, 15) is 9.59 Å². The Bertz CT molecular complexity index is 1110. The minimum atomic E-state index is -0.168. The average molecular weight is 486 g/mol. The van der Waals surface area contributed by atoms with E-state index < -0.39 is 0 Å². The van der Waals surface area contributed by atoms with Crippen molar-refractivity contribution in [2.24, 2.45) is 0 Å². The second kappa shape index (κ2) is 11.3. The largest absolute Gasteiger partial charge is 0.352 e. The van der Waals surface area contributed by atoms with Gasteiger partial charge in [-0.3, -0.25) is 14.2 Å². The van der Waals surface area contributed by atoms with Gasteiger partial charge in [0.25, 0.3) is 0 Å². The lowest BCUT2D eigenvalue weighted by molar-refractivity contribution is -0.134. The minimum Gasteiger partial charge on any atom is -0.352 e. The Morgan fingerprint density at radius 1 is 1.15 bits per heavy atom. The van der Waals surface area contributed by atoms with Crippen LogP contribution >= 0.6 is 23.4 Å². The zero-order valence-electron chi connectivity index (χ0n) is 19.2. The van der Waals surface area contributed by atoms with Crippen molar-refractivity contribution in [3.8, 4) is 17.1 Å². The fourth-order valence-electron chi connectivity index (χ4n) is 3.28. The summed E-state index contributed by atoms with van der Waals surface area (Å²) in [5.41, 5.74) is 2.87. The molecule has 1 aromatic heterocycles. The molecule has 174 valence electrons. The number of aryl methyl sites for hydroxylation is 1. The lowest BCUT2D eigenvalue weighted by Crippen LogP contribution is -2.43. The zero-order valence-corrected chi connectivity index (χ0v) is 20.8. The molecule has 2 amide bonds. The van der Waals surface area contributed by atoms with Crippen LogP contribution in [0.15, 0.2) is 53.7 Å². The number of benzene rings is 2. The molecule has 0 aliphatic carbocycles. The molecule has 9 heteroatoms. The molecule has 0 aliphatic heterocycles. The summed E-state index contributed by atoms with van der Waals surface area (Å²) in [7, 11) is 0. The molecular weight excluding hydrogens is 458 g/mol. The maximum Gasteiger partial charge on any atom is 0.239 e. The summed E-state index contributed by atoms with van der Waals surface area (Å²) in [6.07, 6.45) is 0. The highest BCUT2D eigenvalue weighted by Crippen LogP contribution is 2.29. The number of carbonyl (C=O) groups excluding carboxylic acids is 2. The maximum absolute atomic E-state index is 12.8. The molecule has 2 aromatic carbocycles. The van der Waals surface area contributed by atoms with Crippen molar-refractivity contribution in [1.29, 1.82) is 0 Å². The van der Waals surface area contributed by atoms with Gasteiger partial charge in [0.1, 0.15) is 0 Å². The van der Waals surface area contributed by atoms with Crippen LogP contribution in [0.3, 0.4) is 0 Å². The normalized spacial score (nSPS) is 11.0. The van der Waals surface area contributed by atoms with Crippen LogP contribution < -0.4 is 5.32 Å². The number of nitrogens with zero attached hydrogens (tertiary/aromatic N) is 4. The van der Waals surface area contributed by atoms with Crippen molar-refractivity contribution in [1.82, 2.24) is 25.0 Å². The number of halogens is 1. The lowest BCUT2D eigenvalue weighted by atomic mass is 10.2. The third-order valence-corrected chi connectivity index (χ3v) is 6.00. The van der Waals surface area contributed by atoms with E-state index in [1.54, 1.807) is 0 Å². The van der Waals surface area contributed by atoms with Gasteiger partial charge in [-0.15, -0.1) is 10.2 Å². The summed E-state index contributed by atoms with van der Waals surface area (Å²) in [4.78, 5) is 26.5. The number of rotatable bonds is 9. The number of amides is 2. The molecule has 1 heterocycles. The Hall–Kier alpha value is -2.84. The van der Waals surface area contributed by atoms with Crippen LogP contribution in [0.5, 0.6) is 0 Å². The molecule has 7 nitrogen and oxygen atoms in total. The van der Waals surface area contributed by atoms with Gasteiger partial charge in [-0.2, -0.15) is 0 Å². The molecule has 0 fully saturated rings. The van der Waals surface area contributed by atoms with Crippen LogP contribution in [0, 0.1) is 6.92 Å². The molecule has 3 aromatic rings. The van der Waals surface area contributed by atoms with Gasteiger partial charge >= 0.3 is 0 Å². The Morgan fingerprint density at radius 2 is 1.88 bits per heavy atom. The van der Waals surface area contributed by atoms with Gasteiger partial charge in [-0.05, 0) is 69.7 Å². The predicted octanol–water partition coefficient (Wildman–Crippen LogP) is 4.36. The van der Waals surface area contributed by atoms with Gasteiger partial charge in [-0.1, -0.05) is 35.5 Å². The standard InChI is InChI=1S/C24H28ClN5O2S/c1-5-29(14-21(31)26-16(2)3)22(32)15-33-24-28-27-23(18-9-11-19(25)12-10-18)30(24)20-8-6-7-17(4)13-20/h6-13,16H,5,14-15H2,1-4H3,(H,26,31). The summed E-state index contributed by atoms with van der Waals surface area (Å²) >= 11 is 7.36. The van der Waals surface area contributed by atoms with E-state index in [1.807, 2.05) is 80.8 Å². The van der Waals surface area contributed by atoms with E-state index in [4.69, 9.17) is 11.6 Å². The molecule has 0 saturated carbocycles. The molecule has 0 radical (unpaired) electrons. The minimum absolute atomic E-state index is 0.0276. The van der Waals surface area contributed by atoms with Gasteiger partial charge < -0.3 is 10.2 Å². The molecule has 3 rings (SSSR count).